The minimum atomic E-state index is 0.151. The molecule has 0 aromatic heterocycles. The summed E-state index contributed by atoms with van der Waals surface area (Å²) in [6, 6.07) is 9.47. The Morgan fingerprint density at radius 2 is 1.95 bits per heavy atom. The standard InChI is InChI=1S/C18H25NOS/c1-18(2,3)21-12-17(20)19(14-9-10-14)16-11-8-13-6-4-5-7-15(13)16/h4-7,14,16H,8-12H2,1-3H3/t16-/m0/s1. The summed E-state index contributed by atoms with van der Waals surface area (Å²) >= 11 is 1.76. The SMILES string of the molecule is CC(C)(C)SCC(=O)N(C1CC1)[C@H]1CCc2ccccc21. The van der Waals surface area contributed by atoms with E-state index in [1.54, 1.807) is 11.8 Å². The van der Waals surface area contributed by atoms with Crippen LogP contribution in [0.25, 0.3) is 0 Å². The van der Waals surface area contributed by atoms with E-state index in [0.29, 0.717) is 23.7 Å². The van der Waals surface area contributed by atoms with E-state index < -0.39 is 0 Å². The molecule has 0 saturated heterocycles. The fourth-order valence-corrected chi connectivity index (χ4v) is 3.87. The molecule has 1 amide bonds. The number of hydrogen-bond donors (Lipinski definition) is 0. The number of hydrogen-bond acceptors (Lipinski definition) is 2. The van der Waals surface area contributed by atoms with Crippen molar-refractivity contribution in [2.75, 3.05) is 5.75 Å². The van der Waals surface area contributed by atoms with E-state index in [0.717, 1.165) is 12.8 Å². The van der Waals surface area contributed by atoms with E-state index in [1.807, 2.05) is 0 Å². The molecule has 0 unspecified atom stereocenters. The van der Waals surface area contributed by atoms with Crippen LogP contribution in [-0.4, -0.2) is 27.3 Å². The Hall–Kier alpha value is -0.960. The maximum Gasteiger partial charge on any atom is 0.233 e. The molecular weight excluding hydrogens is 278 g/mol. The van der Waals surface area contributed by atoms with Crippen LogP contribution in [0.1, 0.15) is 57.2 Å². The van der Waals surface area contributed by atoms with Crippen LogP contribution in [0, 0.1) is 0 Å². The highest BCUT2D eigenvalue weighted by molar-refractivity contribution is 8.01. The fourth-order valence-electron chi connectivity index (χ4n) is 3.16. The van der Waals surface area contributed by atoms with Crippen molar-refractivity contribution in [2.24, 2.45) is 0 Å². The molecular formula is C18H25NOS. The summed E-state index contributed by atoms with van der Waals surface area (Å²) in [5, 5.41) is 0. The topological polar surface area (TPSA) is 20.3 Å². The summed E-state index contributed by atoms with van der Waals surface area (Å²) in [4.78, 5) is 15.0. The van der Waals surface area contributed by atoms with Gasteiger partial charge in [0.2, 0.25) is 5.91 Å². The molecule has 0 N–H and O–H groups in total. The van der Waals surface area contributed by atoms with Gasteiger partial charge in [0.1, 0.15) is 0 Å². The second kappa shape index (κ2) is 5.68. The minimum Gasteiger partial charge on any atom is -0.332 e. The van der Waals surface area contributed by atoms with E-state index in [-0.39, 0.29) is 4.75 Å². The summed E-state index contributed by atoms with van der Waals surface area (Å²) in [6.45, 7) is 6.53. The Labute approximate surface area is 132 Å². The van der Waals surface area contributed by atoms with E-state index >= 15 is 0 Å². The van der Waals surface area contributed by atoms with Crippen molar-refractivity contribution in [2.45, 2.75) is 63.3 Å². The number of nitrogens with zero attached hydrogens (tertiary/aromatic N) is 1. The maximum atomic E-state index is 12.8. The van der Waals surface area contributed by atoms with Gasteiger partial charge >= 0.3 is 0 Å². The summed E-state index contributed by atoms with van der Waals surface area (Å²) in [6.07, 6.45) is 4.58. The molecule has 0 heterocycles. The van der Waals surface area contributed by atoms with Crippen LogP contribution >= 0.6 is 11.8 Å². The molecule has 21 heavy (non-hydrogen) atoms. The second-order valence-corrected chi connectivity index (χ2v) is 8.99. The van der Waals surface area contributed by atoms with Gasteiger partial charge in [-0.05, 0) is 36.8 Å². The van der Waals surface area contributed by atoms with E-state index in [9.17, 15) is 4.79 Å². The zero-order valence-corrected chi connectivity index (χ0v) is 14.1. The summed E-state index contributed by atoms with van der Waals surface area (Å²) in [7, 11) is 0. The lowest BCUT2D eigenvalue weighted by molar-refractivity contribution is -0.131. The third-order valence-corrected chi connectivity index (χ3v) is 5.55. The quantitative estimate of drug-likeness (QED) is 0.831. The minimum absolute atomic E-state index is 0.151. The molecule has 2 aliphatic rings. The molecule has 1 fully saturated rings. The molecule has 2 aliphatic carbocycles. The van der Waals surface area contributed by atoms with Crippen LogP contribution in [-0.2, 0) is 11.2 Å². The highest BCUT2D eigenvalue weighted by Crippen LogP contribution is 2.42. The Bertz CT molecular complexity index is 530. The Balaban J connectivity index is 1.75. The number of aryl methyl sites for hydroxylation is 1. The first-order valence-corrected chi connectivity index (χ1v) is 8.97. The molecule has 1 saturated carbocycles. The van der Waals surface area contributed by atoms with Crippen molar-refractivity contribution >= 4 is 17.7 Å². The van der Waals surface area contributed by atoms with Gasteiger partial charge in [-0.1, -0.05) is 45.0 Å². The highest BCUT2D eigenvalue weighted by atomic mass is 32.2. The molecule has 0 spiro atoms. The predicted molar refractivity (Wildman–Crippen MR) is 89.6 cm³/mol. The van der Waals surface area contributed by atoms with Crippen molar-refractivity contribution in [3.63, 3.8) is 0 Å². The summed E-state index contributed by atoms with van der Waals surface area (Å²) in [5.41, 5.74) is 2.82. The van der Waals surface area contributed by atoms with Gasteiger partial charge in [-0.3, -0.25) is 4.79 Å². The van der Waals surface area contributed by atoms with E-state index in [1.165, 1.54) is 24.0 Å². The van der Waals surface area contributed by atoms with Gasteiger partial charge in [-0.15, -0.1) is 11.8 Å². The lowest BCUT2D eigenvalue weighted by Gasteiger charge is -2.31. The first-order valence-electron chi connectivity index (χ1n) is 7.98. The number of rotatable bonds is 4. The van der Waals surface area contributed by atoms with Crippen molar-refractivity contribution in [3.05, 3.63) is 35.4 Å². The molecule has 0 aliphatic heterocycles. The number of amides is 1. The van der Waals surface area contributed by atoms with Gasteiger partial charge in [-0.2, -0.15) is 0 Å². The number of thioether (sulfide) groups is 1. The van der Waals surface area contributed by atoms with Crippen molar-refractivity contribution in [1.82, 2.24) is 4.90 Å². The first kappa shape index (κ1) is 15.0. The van der Waals surface area contributed by atoms with Crippen LogP contribution in [0.4, 0.5) is 0 Å². The van der Waals surface area contributed by atoms with E-state index in [4.69, 9.17) is 0 Å². The normalized spacial score (nSPS) is 21.2. The van der Waals surface area contributed by atoms with Gasteiger partial charge in [-0.25, -0.2) is 0 Å². The molecule has 1 aromatic carbocycles. The van der Waals surface area contributed by atoms with E-state index in [2.05, 4.69) is 49.9 Å². The molecule has 3 heteroatoms. The molecule has 1 aromatic rings. The van der Waals surface area contributed by atoms with Gasteiger partial charge < -0.3 is 4.90 Å². The van der Waals surface area contributed by atoms with Crippen LogP contribution in [0.3, 0.4) is 0 Å². The maximum absolute atomic E-state index is 12.8. The van der Waals surface area contributed by atoms with Crippen molar-refractivity contribution in [1.29, 1.82) is 0 Å². The number of fused-ring (bicyclic) bond motifs is 1. The number of benzene rings is 1. The van der Waals surface area contributed by atoms with Gasteiger partial charge in [0.15, 0.2) is 0 Å². The molecule has 3 rings (SSSR count). The second-order valence-electron chi connectivity index (χ2n) is 7.19. The average molecular weight is 303 g/mol. The van der Waals surface area contributed by atoms with Crippen molar-refractivity contribution in [3.8, 4) is 0 Å². The highest BCUT2D eigenvalue weighted by Gasteiger charge is 2.40. The average Bonchev–Trinajstić information content (AvgIpc) is 3.17. The van der Waals surface area contributed by atoms with Gasteiger partial charge in [0.05, 0.1) is 11.8 Å². The number of carbonyl (C=O) groups excluding carboxylic acids is 1. The summed E-state index contributed by atoms with van der Waals surface area (Å²) in [5.74, 6) is 0.942. The molecule has 2 nitrogen and oxygen atoms in total. The fraction of sp³-hybridized carbons (Fsp3) is 0.611. The predicted octanol–water partition coefficient (Wildman–Crippen LogP) is 4.20. The first-order chi connectivity index (χ1) is 9.96. The Morgan fingerprint density at radius 1 is 1.24 bits per heavy atom. The summed E-state index contributed by atoms with van der Waals surface area (Å²) < 4.78 is 0.151. The lowest BCUT2D eigenvalue weighted by atomic mass is 10.1. The third-order valence-electron chi connectivity index (χ3n) is 4.29. The lowest BCUT2D eigenvalue weighted by Crippen LogP contribution is -2.37. The monoisotopic (exact) mass is 303 g/mol. The van der Waals surface area contributed by atoms with Gasteiger partial charge in [0.25, 0.3) is 0 Å². The van der Waals surface area contributed by atoms with Crippen LogP contribution in [0.2, 0.25) is 0 Å². The van der Waals surface area contributed by atoms with Crippen LogP contribution in [0.5, 0.6) is 0 Å². The number of carbonyl (C=O) groups is 1. The van der Waals surface area contributed by atoms with Gasteiger partial charge in [0, 0.05) is 10.8 Å². The van der Waals surface area contributed by atoms with Crippen LogP contribution < -0.4 is 0 Å². The smallest absolute Gasteiger partial charge is 0.233 e. The van der Waals surface area contributed by atoms with Crippen molar-refractivity contribution < 1.29 is 4.79 Å². The zero-order valence-electron chi connectivity index (χ0n) is 13.3. The Kier molecular flexibility index (Phi) is 4.04. The molecule has 0 bridgehead atoms. The third kappa shape index (κ3) is 3.45. The molecule has 114 valence electrons. The molecule has 0 radical (unpaired) electrons. The zero-order chi connectivity index (χ0) is 15.0. The largest absolute Gasteiger partial charge is 0.332 e. The Morgan fingerprint density at radius 3 is 2.62 bits per heavy atom. The van der Waals surface area contributed by atoms with Crippen LogP contribution in [0.15, 0.2) is 24.3 Å². The molecule has 1 atom stereocenters.